The number of amides is 2. The summed E-state index contributed by atoms with van der Waals surface area (Å²) in [5.74, 6) is -2.66. The minimum atomic E-state index is -3.86. The number of para-hydroxylation sites is 1. The van der Waals surface area contributed by atoms with Crippen molar-refractivity contribution < 1.29 is 42.6 Å². The molecule has 1 aromatic rings. The van der Waals surface area contributed by atoms with Gasteiger partial charge >= 0.3 is 19.5 Å². The van der Waals surface area contributed by atoms with Gasteiger partial charge in [-0.2, -0.15) is 0 Å². The van der Waals surface area contributed by atoms with Crippen molar-refractivity contribution in [1.82, 2.24) is 5.32 Å². The van der Waals surface area contributed by atoms with Gasteiger partial charge < -0.3 is 19.7 Å². The van der Waals surface area contributed by atoms with Crippen molar-refractivity contribution in [2.45, 2.75) is 72.3 Å². The van der Waals surface area contributed by atoms with Crippen LogP contribution in [0.15, 0.2) is 24.3 Å². The Balaban J connectivity index is 1.78. The number of benzene rings is 1. The molecule has 0 saturated heterocycles. The first-order chi connectivity index (χ1) is 18.3. The fraction of sp³-hybridized carbons (Fsp3) is 0.630. The molecule has 0 radical (unpaired) electrons. The van der Waals surface area contributed by atoms with E-state index in [0.29, 0.717) is 37.8 Å². The topological polar surface area (TPSA) is 149 Å². The van der Waals surface area contributed by atoms with Gasteiger partial charge in [-0.25, -0.2) is 0 Å². The largest absolute Gasteiger partial charge is 0.480 e. The molecule has 39 heavy (non-hydrogen) atoms. The smallest absolute Gasteiger partial charge is 0.334 e. The van der Waals surface area contributed by atoms with Crippen molar-refractivity contribution >= 4 is 37.0 Å². The average molecular weight is 567 g/mol. The second-order valence-electron chi connectivity index (χ2n) is 11.1. The van der Waals surface area contributed by atoms with Crippen LogP contribution in [0.25, 0.3) is 0 Å². The molecule has 2 atom stereocenters. The molecule has 12 heteroatoms. The molecule has 2 amide bonds. The number of aliphatic carboxylic acids is 1. The summed E-state index contributed by atoms with van der Waals surface area (Å²) < 4.78 is 29.8. The predicted octanol–water partition coefficient (Wildman–Crippen LogP) is 3.89. The van der Waals surface area contributed by atoms with Crippen LogP contribution < -0.4 is 10.2 Å². The molecular formula is C27H39N2O9P. The van der Waals surface area contributed by atoms with Gasteiger partial charge in [-0.15, -0.1) is 0 Å². The van der Waals surface area contributed by atoms with Crippen LogP contribution in [0.3, 0.4) is 0 Å². The number of hydrogen-bond acceptors (Lipinski definition) is 8. The van der Waals surface area contributed by atoms with E-state index in [-0.39, 0.29) is 19.2 Å². The SMILES string of the molecule is CCOP(=O)(CC1(C(=O)N[C@H]2CCc3ccccc3N(CC(=O)O)C2=O)CCCC1)OCOC(=O)C(C)(C)C. The van der Waals surface area contributed by atoms with Crippen molar-refractivity contribution in [1.29, 1.82) is 0 Å². The molecule has 1 aromatic carbocycles. The molecule has 2 aliphatic rings. The van der Waals surface area contributed by atoms with Crippen molar-refractivity contribution in [3.8, 4) is 0 Å². The quantitative estimate of drug-likeness (QED) is 0.231. The first-order valence-electron chi connectivity index (χ1n) is 13.3. The minimum absolute atomic E-state index is 0.0612. The van der Waals surface area contributed by atoms with E-state index < -0.39 is 61.6 Å². The van der Waals surface area contributed by atoms with E-state index in [1.165, 1.54) is 4.90 Å². The third-order valence-electron chi connectivity index (χ3n) is 7.06. The summed E-state index contributed by atoms with van der Waals surface area (Å²) in [7, 11) is -3.86. The Morgan fingerprint density at radius 1 is 1.15 bits per heavy atom. The van der Waals surface area contributed by atoms with Crippen LogP contribution in [-0.2, 0) is 43.9 Å². The number of carbonyl (C=O) groups is 4. The van der Waals surface area contributed by atoms with E-state index in [4.69, 9.17) is 13.8 Å². The second kappa shape index (κ2) is 12.6. The zero-order valence-electron chi connectivity index (χ0n) is 23.1. The van der Waals surface area contributed by atoms with Crippen LogP contribution >= 0.6 is 7.60 Å². The molecule has 1 fully saturated rings. The fourth-order valence-electron chi connectivity index (χ4n) is 5.04. The Bertz CT molecular complexity index is 1120. The van der Waals surface area contributed by atoms with E-state index in [0.717, 1.165) is 5.56 Å². The first-order valence-corrected chi connectivity index (χ1v) is 15.0. The maximum absolute atomic E-state index is 13.8. The Morgan fingerprint density at radius 2 is 1.82 bits per heavy atom. The summed E-state index contributed by atoms with van der Waals surface area (Å²) in [4.78, 5) is 52.1. The van der Waals surface area contributed by atoms with Crippen molar-refractivity contribution in [2.75, 3.05) is 31.0 Å². The van der Waals surface area contributed by atoms with E-state index in [1.807, 2.05) is 12.1 Å². The standard InChI is InChI=1S/C27H39N2O9P/c1-5-37-39(35,38-18-36-25(34)26(2,3)4)17-27(14-8-9-15-27)24(33)28-20-13-12-19-10-6-7-11-21(19)29(23(20)32)16-22(30)31/h6-7,10-11,20H,5,8-9,12-18H2,1-4H3,(H,28,33)(H,30,31)/t20-,39?/m0/s1. The summed E-state index contributed by atoms with van der Waals surface area (Å²) in [5, 5.41) is 12.3. The number of esters is 1. The summed E-state index contributed by atoms with van der Waals surface area (Å²) in [6.45, 7) is 5.65. The fourth-order valence-corrected chi connectivity index (χ4v) is 7.11. The molecule has 11 nitrogen and oxygen atoms in total. The summed E-state index contributed by atoms with van der Waals surface area (Å²) in [6.07, 6.45) is 2.79. The van der Waals surface area contributed by atoms with E-state index in [1.54, 1.807) is 39.8 Å². The molecule has 1 aliphatic heterocycles. The Hall–Kier alpha value is -2.75. The Labute approximate surface area is 229 Å². The number of nitrogens with zero attached hydrogens (tertiary/aromatic N) is 1. The third kappa shape index (κ3) is 7.68. The number of hydrogen-bond donors (Lipinski definition) is 2. The van der Waals surface area contributed by atoms with Gasteiger partial charge in [-0.05, 0) is 65.0 Å². The number of carbonyl (C=O) groups excluding carboxylic acids is 3. The van der Waals surface area contributed by atoms with E-state index in [9.17, 15) is 28.8 Å². The molecule has 3 rings (SSSR count). The Kier molecular flexibility index (Phi) is 9.96. The number of anilines is 1. The van der Waals surface area contributed by atoms with Crippen LogP contribution in [0.1, 0.15) is 65.4 Å². The second-order valence-corrected chi connectivity index (χ2v) is 13.2. The molecule has 2 N–H and O–H groups in total. The number of rotatable bonds is 11. The molecule has 0 aromatic heterocycles. The number of carboxylic acid groups (broad SMARTS) is 1. The zero-order chi connectivity index (χ0) is 28.8. The van der Waals surface area contributed by atoms with Crippen LogP contribution in [-0.4, -0.2) is 61.0 Å². The molecular weight excluding hydrogens is 527 g/mol. The first kappa shape index (κ1) is 30.8. The van der Waals surface area contributed by atoms with Crippen LogP contribution in [0.5, 0.6) is 0 Å². The van der Waals surface area contributed by atoms with Gasteiger partial charge in [-0.1, -0.05) is 31.0 Å². The van der Waals surface area contributed by atoms with Gasteiger partial charge in [0.25, 0.3) is 0 Å². The van der Waals surface area contributed by atoms with E-state index in [2.05, 4.69) is 5.32 Å². The van der Waals surface area contributed by atoms with Crippen molar-refractivity contribution in [2.24, 2.45) is 10.8 Å². The third-order valence-corrected chi connectivity index (χ3v) is 9.21. The summed E-state index contributed by atoms with van der Waals surface area (Å²) in [5.41, 5.74) is -0.560. The lowest BCUT2D eigenvalue weighted by atomic mass is 9.87. The van der Waals surface area contributed by atoms with Gasteiger partial charge in [0.05, 0.1) is 23.6 Å². The monoisotopic (exact) mass is 566 g/mol. The van der Waals surface area contributed by atoms with Crippen LogP contribution in [0.2, 0.25) is 0 Å². The molecule has 1 heterocycles. The maximum atomic E-state index is 13.8. The predicted molar refractivity (Wildman–Crippen MR) is 143 cm³/mol. The number of carboxylic acids is 1. The van der Waals surface area contributed by atoms with Gasteiger partial charge in [0, 0.05) is 5.69 Å². The molecule has 0 bridgehead atoms. The number of nitrogens with one attached hydrogen (secondary N) is 1. The molecule has 1 saturated carbocycles. The lowest BCUT2D eigenvalue weighted by Crippen LogP contribution is -2.53. The normalized spacial score (nSPS) is 20.5. The van der Waals surface area contributed by atoms with Gasteiger partial charge in [0.2, 0.25) is 18.6 Å². The highest BCUT2D eigenvalue weighted by molar-refractivity contribution is 7.53. The zero-order valence-corrected chi connectivity index (χ0v) is 24.0. The lowest BCUT2D eigenvalue weighted by Gasteiger charge is -2.33. The van der Waals surface area contributed by atoms with Crippen LogP contribution in [0, 0.1) is 10.8 Å². The molecule has 1 unspecified atom stereocenters. The average Bonchev–Trinajstić information content (AvgIpc) is 3.29. The number of aryl methyl sites for hydroxylation is 1. The highest BCUT2D eigenvalue weighted by Gasteiger charge is 2.49. The molecule has 1 aliphatic carbocycles. The summed E-state index contributed by atoms with van der Waals surface area (Å²) in [6, 6.07) is 6.13. The number of fused-ring (bicyclic) bond motifs is 1. The van der Waals surface area contributed by atoms with Crippen molar-refractivity contribution in [3.63, 3.8) is 0 Å². The number of ether oxygens (including phenoxy) is 1. The Morgan fingerprint density at radius 3 is 2.44 bits per heavy atom. The van der Waals surface area contributed by atoms with Crippen molar-refractivity contribution in [3.05, 3.63) is 29.8 Å². The van der Waals surface area contributed by atoms with E-state index >= 15 is 0 Å². The van der Waals surface area contributed by atoms with Gasteiger partial charge in [0.1, 0.15) is 12.6 Å². The highest BCUT2D eigenvalue weighted by Crippen LogP contribution is 2.56. The molecule has 216 valence electrons. The highest BCUT2D eigenvalue weighted by atomic mass is 31.2. The summed E-state index contributed by atoms with van der Waals surface area (Å²) >= 11 is 0. The maximum Gasteiger partial charge on any atom is 0.334 e. The lowest BCUT2D eigenvalue weighted by molar-refractivity contribution is -0.160. The molecule has 0 spiro atoms. The minimum Gasteiger partial charge on any atom is -0.480 e. The van der Waals surface area contributed by atoms with Crippen LogP contribution in [0.4, 0.5) is 5.69 Å². The van der Waals surface area contributed by atoms with Gasteiger partial charge in [-0.3, -0.25) is 33.2 Å². The van der Waals surface area contributed by atoms with Gasteiger partial charge in [0.15, 0.2) is 0 Å².